The number of alkyl halides is 2. The van der Waals surface area contributed by atoms with Crippen molar-refractivity contribution in [1.29, 1.82) is 0 Å². The van der Waals surface area contributed by atoms with Crippen LogP contribution in [0.3, 0.4) is 0 Å². The average molecular weight is 1650 g/mol. The van der Waals surface area contributed by atoms with E-state index >= 15 is 0 Å². The Morgan fingerprint density at radius 1 is 0.552 bits per heavy atom. The van der Waals surface area contributed by atoms with Gasteiger partial charge in [0.2, 0.25) is 55.4 Å². The first-order valence-corrected chi connectivity index (χ1v) is 43.7. The number of benzene rings is 2. The van der Waals surface area contributed by atoms with Crippen molar-refractivity contribution in [1.82, 2.24) is 29.2 Å². The zero-order valence-electron chi connectivity index (χ0n) is 70.0. The number of nitrogens with one attached hydrogen (secondary N) is 2. The smallest absolute Gasteiger partial charge is 0.307 e. The predicted molar refractivity (Wildman–Crippen MR) is 435 cm³/mol. The first-order valence-electron chi connectivity index (χ1n) is 40.8. The lowest BCUT2D eigenvalue weighted by atomic mass is 9.82. The number of pyridine rings is 2. The van der Waals surface area contributed by atoms with Crippen LogP contribution in [-0.4, -0.2) is 198 Å². The Morgan fingerprint density at radius 3 is 1.23 bits per heavy atom. The molecule has 4 amide bonds. The van der Waals surface area contributed by atoms with Crippen molar-refractivity contribution in [3.05, 3.63) is 72.8 Å². The van der Waals surface area contributed by atoms with Crippen molar-refractivity contribution in [2.45, 2.75) is 230 Å². The summed E-state index contributed by atoms with van der Waals surface area (Å²) in [5.74, 6) is -3.86. The molecular formula is C86H118F2N8O18S2. The number of carbonyl (C=O) groups is 8. The van der Waals surface area contributed by atoms with Crippen LogP contribution >= 0.6 is 0 Å². The van der Waals surface area contributed by atoms with Gasteiger partial charge in [-0.2, -0.15) is 9.97 Å². The number of esters is 2. The molecule has 4 aromatic rings. The van der Waals surface area contributed by atoms with Gasteiger partial charge in [0.1, 0.15) is 69.4 Å². The first kappa shape index (κ1) is 88.3. The second-order valence-electron chi connectivity index (χ2n) is 36.7. The summed E-state index contributed by atoms with van der Waals surface area (Å²) < 4.78 is 118. The zero-order valence-corrected chi connectivity index (χ0v) is 71.6. The maximum Gasteiger partial charge on any atom is 0.307 e. The number of hydrogen-bond acceptors (Lipinski definition) is 22. The number of Topliss-reactive ketones (excluding diaryl/α,β-unsaturated/α-hetero) is 2. The van der Waals surface area contributed by atoms with Gasteiger partial charge >= 0.3 is 11.9 Å². The summed E-state index contributed by atoms with van der Waals surface area (Å²) in [6, 6.07) is 12.7. The van der Waals surface area contributed by atoms with Gasteiger partial charge in [-0.05, 0) is 213 Å². The van der Waals surface area contributed by atoms with E-state index in [1.54, 1.807) is 67.9 Å². The van der Waals surface area contributed by atoms with E-state index in [0.29, 0.717) is 71.4 Å². The molecule has 8 aliphatic rings. The Kier molecular flexibility index (Phi) is 26.2. The number of methoxy groups -OCH3 is 2. The Balaban J connectivity index is 0.000000228. The number of anilines is 2. The quantitative estimate of drug-likeness (QED) is 0.0613. The highest BCUT2D eigenvalue weighted by Gasteiger charge is 2.66. The molecule has 26 nitrogen and oxygen atoms in total. The van der Waals surface area contributed by atoms with E-state index in [0.717, 1.165) is 23.6 Å². The van der Waals surface area contributed by atoms with Crippen molar-refractivity contribution >= 4 is 100 Å². The van der Waals surface area contributed by atoms with Crippen LogP contribution in [-0.2, 0) is 67.9 Å². The third-order valence-electron chi connectivity index (χ3n) is 24.7. The van der Waals surface area contributed by atoms with Gasteiger partial charge in [0.25, 0.3) is 0 Å². The summed E-state index contributed by atoms with van der Waals surface area (Å²) in [6.45, 7) is 16.5. The summed E-state index contributed by atoms with van der Waals surface area (Å²) >= 11 is 0. The fourth-order valence-corrected chi connectivity index (χ4v) is 20.1. The number of rotatable bonds is 20. The van der Waals surface area contributed by atoms with Gasteiger partial charge in [0.05, 0.1) is 74.9 Å². The normalized spacial score (nSPS) is 29.3. The standard InChI is InChI=1S/2C43H59FN4O9S/c2*1-26-11-9-10-12-29-22-43(29,40(52)46-58(53,54)42(25-44)15-16-42)23-35(49)34-20-31(24-48(34)39(51)33(27(2)17-26)21-37(50)57-41(3,4)5)56-38-32-14-13-30(55-8)18-28(32)19-36(45-38)47(6)7/h2*10,12-14,18-19,26-27,29,31,33-34H,9,11,15-17,20-25H2,1-8H3,(H,46,52)/b2*12-10-/t26-,27+,29+,31+,33-,34-,43+;26-,27-,29-,31-,33+,34+,43-/m01/s1. The molecule has 2 saturated heterocycles. The third kappa shape index (κ3) is 19.7. The predicted octanol–water partition coefficient (Wildman–Crippen LogP) is 11.9. The van der Waals surface area contributed by atoms with Gasteiger partial charge in [-0.3, -0.25) is 47.8 Å². The number of sulfonamides is 2. The molecule has 2 aromatic carbocycles. The van der Waals surface area contributed by atoms with Crippen LogP contribution in [0.5, 0.6) is 23.3 Å². The Bertz CT molecular complexity index is 4420. The number of fused-ring (bicyclic) bond motifs is 6. The number of halogens is 2. The second kappa shape index (κ2) is 34.4. The maximum absolute atomic E-state index is 15.0. The van der Waals surface area contributed by atoms with E-state index in [4.69, 9.17) is 38.4 Å². The van der Waals surface area contributed by atoms with E-state index < -0.39 is 148 Å². The van der Waals surface area contributed by atoms with Crippen LogP contribution in [0.2, 0.25) is 0 Å². The highest BCUT2D eigenvalue weighted by molar-refractivity contribution is 7.92. The molecule has 12 rings (SSSR count). The second-order valence-corrected chi connectivity index (χ2v) is 40.8. The van der Waals surface area contributed by atoms with Crippen LogP contribution in [0.15, 0.2) is 72.8 Å². The van der Waals surface area contributed by atoms with Gasteiger partial charge in [-0.25, -0.2) is 25.6 Å². The molecule has 0 unspecified atom stereocenters. The monoisotopic (exact) mass is 1650 g/mol. The number of ketones is 2. The number of aromatic nitrogens is 2. The number of carbonyl (C=O) groups excluding carboxylic acids is 8. The fourth-order valence-electron chi connectivity index (χ4n) is 17.2. The SMILES string of the molecule is COc1ccc2c(O[C@@H]3C[C@H]4C(=O)C[C@]5(C(=O)NS(=O)(=O)C6(CF)CC6)C[C@H]5/C=C\CC[C@@H](C)C[C@@H](C)[C@H](CC(=O)OC(C)(C)C)C(=O)N4C3)nc(N(C)C)cc2c1.COc1ccc2c(O[C@@H]3C[C@H]4C(=O)C[C@]5(C(=O)NS(=O)(=O)C6(CF)CC6)C[C@H]5/C=C\CC[C@H](C)C[C@@H](C)[C@H](CC(=O)OC(C)(C)C)C(=O)N4C3)nc(N(C)C)cc2c1. The lowest BCUT2D eigenvalue weighted by Crippen LogP contribution is -2.48. The van der Waals surface area contributed by atoms with Crippen LogP contribution < -0.4 is 38.2 Å². The molecule has 636 valence electrons. The minimum atomic E-state index is -4.35. The molecule has 6 fully saturated rings. The molecule has 0 radical (unpaired) electrons. The minimum absolute atomic E-state index is 0.00375. The average Bonchev–Trinajstić information content (AvgIpc) is 1.57. The topological polar surface area (TPSA) is 323 Å². The number of ether oxygens (including phenoxy) is 6. The molecule has 2 N–H and O–H groups in total. The largest absolute Gasteiger partial charge is 0.497 e. The molecule has 4 aliphatic heterocycles. The summed E-state index contributed by atoms with van der Waals surface area (Å²) in [4.78, 5) is 130. The van der Waals surface area contributed by atoms with Crippen LogP contribution in [0.1, 0.15) is 185 Å². The van der Waals surface area contributed by atoms with Gasteiger partial charge in [-0.1, -0.05) is 52.0 Å². The molecule has 4 saturated carbocycles. The number of allylic oxidation sites excluding steroid dienone is 4. The number of hydrogen-bond donors (Lipinski definition) is 2. The lowest BCUT2D eigenvalue weighted by Gasteiger charge is -2.32. The molecule has 6 heterocycles. The molecule has 0 bridgehead atoms. The summed E-state index contributed by atoms with van der Waals surface area (Å²) in [6.07, 6.45) is 10.4. The van der Waals surface area contributed by atoms with Crippen molar-refractivity contribution in [2.24, 2.45) is 58.2 Å². The maximum atomic E-state index is 15.0. The Morgan fingerprint density at radius 2 is 0.914 bits per heavy atom. The highest BCUT2D eigenvalue weighted by Crippen LogP contribution is 2.60. The van der Waals surface area contributed by atoms with Gasteiger partial charge in [0.15, 0.2) is 11.6 Å². The van der Waals surface area contributed by atoms with Crippen molar-refractivity contribution in [2.75, 3.05) is 78.6 Å². The third-order valence-corrected chi connectivity index (χ3v) is 28.9. The molecular weight excluding hydrogens is 1540 g/mol. The van der Waals surface area contributed by atoms with Crippen LogP contribution in [0.25, 0.3) is 21.5 Å². The van der Waals surface area contributed by atoms with E-state index in [1.165, 1.54) is 9.80 Å². The summed E-state index contributed by atoms with van der Waals surface area (Å²) in [5, 5.41) is 3.02. The molecule has 116 heavy (non-hydrogen) atoms. The van der Waals surface area contributed by atoms with E-state index in [9.17, 15) is 64.0 Å². The molecule has 30 heteroatoms. The van der Waals surface area contributed by atoms with Crippen LogP contribution in [0.4, 0.5) is 20.4 Å². The van der Waals surface area contributed by atoms with E-state index in [1.807, 2.05) is 113 Å². The van der Waals surface area contributed by atoms with Gasteiger partial charge in [0, 0.05) is 64.6 Å². The van der Waals surface area contributed by atoms with E-state index in [-0.39, 0.29) is 126 Å². The van der Waals surface area contributed by atoms with Gasteiger partial charge < -0.3 is 48.0 Å². The number of nitrogens with zero attached hydrogens (tertiary/aromatic N) is 6. The molecule has 4 aliphatic carbocycles. The zero-order chi connectivity index (χ0) is 84.7. The van der Waals surface area contributed by atoms with Crippen molar-refractivity contribution < 1.29 is 92.4 Å². The van der Waals surface area contributed by atoms with Crippen LogP contribution in [0, 0.1) is 58.2 Å². The summed E-state index contributed by atoms with van der Waals surface area (Å²) in [7, 11) is 1.89. The summed E-state index contributed by atoms with van der Waals surface area (Å²) in [5.41, 5.74) is -4.35. The highest BCUT2D eigenvalue weighted by atomic mass is 32.2. The molecule has 2 aromatic heterocycles. The van der Waals surface area contributed by atoms with E-state index in [2.05, 4.69) is 23.3 Å². The van der Waals surface area contributed by atoms with Gasteiger partial charge in [-0.15, -0.1) is 0 Å². The fraction of sp³-hybridized carbons (Fsp3) is 0.651. The first-order chi connectivity index (χ1) is 54.4. The Hall–Kier alpha value is -8.54. The lowest BCUT2D eigenvalue weighted by molar-refractivity contribution is -0.160. The van der Waals surface area contributed by atoms with Crippen molar-refractivity contribution in [3.63, 3.8) is 0 Å². The Labute approximate surface area is 681 Å². The van der Waals surface area contributed by atoms with Crippen molar-refractivity contribution in [3.8, 4) is 23.3 Å². The number of amides is 4. The molecule has 14 atom stereocenters. The molecule has 0 spiro atoms. The minimum Gasteiger partial charge on any atom is -0.497 e.